The minimum Gasteiger partial charge on any atom is -0.493 e. The Morgan fingerprint density at radius 2 is 1.93 bits per heavy atom. The van der Waals surface area contributed by atoms with Crippen LogP contribution in [0.2, 0.25) is 0 Å². The lowest BCUT2D eigenvalue weighted by Gasteiger charge is -2.28. The number of carbonyl (C=O) groups is 2. The number of aryl methyl sites for hydroxylation is 2. The highest BCUT2D eigenvalue weighted by atomic mass is 16.5. The molecule has 0 saturated carbocycles. The first kappa shape index (κ1) is 18.8. The number of hydrogen-bond donors (Lipinski definition) is 1. The Balaban J connectivity index is 1.64. The van der Waals surface area contributed by atoms with Gasteiger partial charge in [0.2, 0.25) is 0 Å². The number of fused-ring (bicyclic) bond motifs is 2. The van der Waals surface area contributed by atoms with Crippen LogP contribution >= 0.6 is 0 Å². The molecule has 1 N–H and O–H groups in total. The molecule has 5 nitrogen and oxygen atoms in total. The Morgan fingerprint density at radius 1 is 1.18 bits per heavy atom. The molecule has 0 radical (unpaired) electrons. The topological polar surface area (TPSA) is 68.5 Å². The predicted octanol–water partition coefficient (Wildman–Crippen LogP) is 4.61. The molecule has 1 aliphatic heterocycles. The average molecular weight is 381 g/mol. The number of ether oxygens (including phenoxy) is 1. The molecule has 28 heavy (non-hydrogen) atoms. The summed E-state index contributed by atoms with van der Waals surface area (Å²) in [6.45, 7) is 10.5. The number of carbonyl (C=O) groups excluding carboxylic acids is 2. The third-order valence-corrected chi connectivity index (χ3v) is 5.76. The van der Waals surface area contributed by atoms with Crippen molar-refractivity contribution in [3.05, 3.63) is 51.5 Å². The molecule has 1 atom stereocenters. The quantitative estimate of drug-likeness (QED) is 0.825. The number of rotatable bonds is 2. The van der Waals surface area contributed by atoms with E-state index in [1.807, 2.05) is 13.8 Å². The molecule has 1 aromatic heterocycles. The first-order chi connectivity index (χ1) is 13.2. The zero-order valence-corrected chi connectivity index (χ0v) is 17.2. The summed E-state index contributed by atoms with van der Waals surface area (Å²) in [6.07, 6.45) is 1.85. The normalized spacial score (nSPS) is 20.2. The summed E-state index contributed by atoms with van der Waals surface area (Å²) in [5.74, 6) is 1.55. The smallest absolute Gasteiger partial charge is 0.287 e. The van der Waals surface area contributed by atoms with Crippen molar-refractivity contribution in [1.82, 2.24) is 5.32 Å². The van der Waals surface area contributed by atoms with Gasteiger partial charge in [-0.25, -0.2) is 0 Å². The highest BCUT2D eigenvalue weighted by Crippen LogP contribution is 2.39. The standard InChI is InChI=1S/C23H27NO4/c1-12-8-13(2)20-15(9-12)16(6-7-27-20)24-22(26)21-14(3)19-17(25)10-23(4,5)11-18(19)28-21/h8-9,16H,6-7,10-11H2,1-5H3,(H,24,26). The highest BCUT2D eigenvalue weighted by molar-refractivity contribution is 6.03. The van der Waals surface area contributed by atoms with Gasteiger partial charge in [0.25, 0.3) is 5.91 Å². The third-order valence-electron chi connectivity index (χ3n) is 5.76. The maximum atomic E-state index is 13.0. The molecule has 0 saturated heterocycles. The van der Waals surface area contributed by atoms with Crippen molar-refractivity contribution < 1.29 is 18.7 Å². The maximum Gasteiger partial charge on any atom is 0.287 e. The number of benzene rings is 1. The fraction of sp³-hybridized carbons (Fsp3) is 0.478. The Kier molecular flexibility index (Phi) is 4.36. The van der Waals surface area contributed by atoms with Gasteiger partial charge in [-0.05, 0) is 31.7 Å². The van der Waals surface area contributed by atoms with Crippen LogP contribution < -0.4 is 10.1 Å². The van der Waals surface area contributed by atoms with Gasteiger partial charge in [-0.15, -0.1) is 0 Å². The van der Waals surface area contributed by atoms with Crippen LogP contribution in [0.15, 0.2) is 16.5 Å². The van der Waals surface area contributed by atoms with Crippen molar-refractivity contribution in [2.45, 2.75) is 59.9 Å². The van der Waals surface area contributed by atoms with E-state index in [2.05, 4.69) is 31.3 Å². The molecule has 5 heteroatoms. The molecule has 1 unspecified atom stereocenters. The van der Waals surface area contributed by atoms with Crippen LogP contribution in [0.4, 0.5) is 0 Å². The molecule has 1 aromatic carbocycles. The van der Waals surface area contributed by atoms with Gasteiger partial charge in [-0.1, -0.05) is 31.5 Å². The number of Topliss-reactive ketones (excluding diaryl/α,β-unsaturated/α-hetero) is 1. The Labute approximate surface area is 165 Å². The Hall–Kier alpha value is -2.56. The SMILES string of the molecule is Cc1cc(C)c2c(c1)C(NC(=O)c1oc3c(c1C)C(=O)CC(C)(C)C3)CCO2. The average Bonchev–Trinajstić information content (AvgIpc) is 2.91. The molecule has 2 aliphatic rings. The van der Waals surface area contributed by atoms with E-state index in [0.717, 1.165) is 22.4 Å². The van der Waals surface area contributed by atoms with E-state index in [9.17, 15) is 9.59 Å². The van der Waals surface area contributed by atoms with Gasteiger partial charge in [-0.2, -0.15) is 0 Å². The lowest BCUT2D eigenvalue weighted by atomic mass is 9.76. The van der Waals surface area contributed by atoms with Crippen molar-refractivity contribution >= 4 is 11.7 Å². The molecular weight excluding hydrogens is 354 g/mol. The third kappa shape index (κ3) is 3.13. The highest BCUT2D eigenvalue weighted by Gasteiger charge is 2.37. The number of nitrogens with one attached hydrogen (secondary N) is 1. The molecule has 148 valence electrons. The number of hydrogen-bond acceptors (Lipinski definition) is 4. The maximum absolute atomic E-state index is 13.0. The summed E-state index contributed by atoms with van der Waals surface area (Å²) in [5, 5.41) is 3.11. The van der Waals surface area contributed by atoms with E-state index in [1.165, 1.54) is 0 Å². The van der Waals surface area contributed by atoms with Crippen LogP contribution in [0, 0.1) is 26.2 Å². The molecule has 2 aromatic rings. The molecule has 0 fully saturated rings. The van der Waals surface area contributed by atoms with Crippen molar-refractivity contribution in [2.75, 3.05) is 6.61 Å². The van der Waals surface area contributed by atoms with Crippen LogP contribution in [0.1, 0.15) is 81.7 Å². The summed E-state index contributed by atoms with van der Waals surface area (Å²) in [4.78, 5) is 25.6. The van der Waals surface area contributed by atoms with Crippen molar-refractivity contribution in [1.29, 1.82) is 0 Å². The van der Waals surface area contributed by atoms with Crippen molar-refractivity contribution in [2.24, 2.45) is 5.41 Å². The molecule has 4 rings (SSSR count). The first-order valence-electron chi connectivity index (χ1n) is 9.86. The van der Waals surface area contributed by atoms with E-state index in [0.29, 0.717) is 42.8 Å². The second-order valence-electron chi connectivity index (χ2n) is 8.96. The van der Waals surface area contributed by atoms with Gasteiger partial charge in [0.05, 0.1) is 18.2 Å². The van der Waals surface area contributed by atoms with E-state index in [-0.39, 0.29) is 28.9 Å². The van der Waals surface area contributed by atoms with Crippen LogP contribution in [-0.2, 0) is 6.42 Å². The fourth-order valence-electron chi connectivity index (χ4n) is 4.55. The molecule has 0 bridgehead atoms. The van der Waals surface area contributed by atoms with Crippen LogP contribution in [0.5, 0.6) is 5.75 Å². The molecule has 1 aliphatic carbocycles. The molecule has 1 amide bonds. The summed E-state index contributed by atoms with van der Waals surface area (Å²) in [5.41, 5.74) is 4.33. The predicted molar refractivity (Wildman–Crippen MR) is 106 cm³/mol. The zero-order valence-electron chi connectivity index (χ0n) is 17.2. The number of amides is 1. The minimum absolute atomic E-state index is 0.0641. The van der Waals surface area contributed by atoms with Gasteiger partial charge >= 0.3 is 0 Å². The number of furan rings is 1. The van der Waals surface area contributed by atoms with E-state index in [4.69, 9.17) is 9.15 Å². The largest absolute Gasteiger partial charge is 0.493 e. The zero-order chi connectivity index (χ0) is 20.2. The first-order valence-corrected chi connectivity index (χ1v) is 9.86. The van der Waals surface area contributed by atoms with Gasteiger partial charge in [0.1, 0.15) is 11.5 Å². The van der Waals surface area contributed by atoms with Crippen molar-refractivity contribution in [3.8, 4) is 5.75 Å². The fourth-order valence-corrected chi connectivity index (χ4v) is 4.55. The summed E-state index contributed by atoms with van der Waals surface area (Å²) in [7, 11) is 0. The van der Waals surface area contributed by atoms with E-state index >= 15 is 0 Å². The van der Waals surface area contributed by atoms with E-state index in [1.54, 1.807) is 6.92 Å². The van der Waals surface area contributed by atoms with Crippen LogP contribution in [0.3, 0.4) is 0 Å². The van der Waals surface area contributed by atoms with Crippen LogP contribution in [-0.4, -0.2) is 18.3 Å². The Bertz CT molecular complexity index is 983. The molecular formula is C23H27NO4. The second kappa shape index (κ2) is 6.50. The van der Waals surface area contributed by atoms with Gasteiger partial charge < -0.3 is 14.5 Å². The summed E-state index contributed by atoms with van der Waals surface area (Å²) < 4.78 is 11.8. The summed E-state index contributed by atoms with van der Waals surface area (Å²) in [6, 6.07) is 4.02. The molecule has 2 heterocycles. The van der Waals surface area contributed by atoms with Crippen molar-refractivity contribution in [3.63, 3.8) is 0 Å². The molecule has 0 spiro atoms. The van der Waals surface area contributed by atoms with Gasteiger partial charge in [-0.3, -0.25) is 9.59 Å². The second-order valence-corrected chi connectivity index (χ2v) is 8.96. The lowest BCUT2D eigenvalue weighted by Crippen LogP contribution is -2.32. The monoisotopic (exact) mass is 381 g/mol. The number of ketones is 1. The van der Waals surface area contributed by atoms with Crippen LogP contribution in [0.25, 0.3) is 0 Å². The van der Waals surface area contributed by atoms with Gasteiger partial charge in [0, 0.05) is 30.4 Å². The van der Waals surface area contributed by atoms with E-state index < -0.39 is 0 Å². The van der Waals surface area contributed by atoms with Gasteiger partial charge in [0.15, 0.2) is 11.5 Å². The minimum atomic E-state index is -0.269. The lowest BCUT2D eigenvalue weighted by molar-refractivity contribution is 0.0875. The Morgan fingerprint density at radius 3 is 2.68 bits per heavy atom. The summed E-state index contributed by atoms with van der Waals surface area (Å²) >= 11 is 0.